The van der Waals surface area contributed by atoms with Crippen molar-refractivity contribution in [2.45, 2.75) is 55.6 Å². The minimum atomic E-state index is 0. The maximum atomic E-state index is 4.63. The number of hydrogen-bond donors (Lipinski definition) is 0. The van der Waals surface area contributed by atoms with Crippen LogP contribution < -0.4 is 0 Å². The lowest BCUT2D eigenvalue weighted by Crippen LogP contribution is -2.09. The van der Waals surface area contributed by atoms with Crippen LogP contribution in [0.5, 0.6) is 0 Å². The third-order valence-electron chi connectivity index (χ3n) is 4.16. The van der Waals surface area contributed by atoms with Crippen LogP contribution >= 0.6 is 24.2 Å². The highest BCUT2D eigenvalue weighted by Gasteiger charge is 2.22. The summed E-state index contributed by atoms with van der Waals surface area (Å²) in [6, 6.07) is 13.5. The van der Waals surface area contributed by atoms with Crippen molar-refractivity contribution in [3.8, 4) is 0 Å². The Morgan fingerprint density at radius 2 is 2.00 bits per heavy atom. The van der Waals surface area contributed by atoms with Crippen LogP contribution in [-0.2, 0) is 12.8 Å². The summed E-state index contributed by atoms with van der Waals surface area (Å²) in [5.74, 6) is 0. The fourth-order valence-corrected chi connectivity index (χ4v) is 4.19. The molecule has 0 aliphatic heterocycles. The number of rotatable bonds is 5. The van der Waals surface area contributed by atoms with Gasteiger partial charge in [-0.25, -0.2) is 0 Å². The molecule has 1 nitrogen and oxygen atoms in total. The van der Waals surface area contributed by atoms with Crippen molar-refractivity contribution in [3.05, 3.63) is 59.4 Å². The lowest BCUT2D eigenvalue weighted by atomic mass is 9.96. The normalized spacial score (nSPS) is 16.7. The van der Waals surface area contributed by atoms with E-state index in [-0.39, 0.29) is 12.4 Å². The molecule has 1 aromatic carbocycles. The molecule has 0 N–H and O–H groups in total. The lowest BCUT2D eigenvalue weighted by molar-refractivity contribution is 0.656. The summed E-state index contributed by atoms with van der Waals surface area (Å²) < 4.78 is 0. The third kappa shape index (κ3) is 4.27. The molecule has 1 aliphatic rings. The molecule has 1 unspecified atom stereocenters. The maximum absolute atomic E-state index is 4.63. The van der Waals surface area contributed by atoms with Crippen molar-refractivity contribution in [3.63, 3.8) is 0 Å². The van der Waals surface area contributed by atoms with Gasteiger partial charge in [-0.1, -0.05) is 31.5 Å². The number of unbranched alkanes of at least 4 members (excludes halogenated alkanes) is 1. The highest BCUT2D eigenvalue weighted by atomic mass is 35.5. The molecule has 0 amide bonds. The monoisotopic (exact) mass is 333 g/mol. The van der Waals surface area contributed by atoms with Crippen molar-refractivity contribution in [2.24, 2.45) is 0 Å². The average Bonchev–Trinajstić information content (AvgIpc) is 2.55. The third-order valence-corrected chi connectivity index (χ3v) is 5.45. The first-order chi connectivity index (χ1) is 10.4. The Bertz CT molecular complexity index is 582. The van der Waals surface area contributed by atoms with E-state index in [1.807, 2.05) is 18.0 Å². The molecule has 0 saturated heterocycles. The predicted octanol–water partition coefficient (Wildman–Crippen LogP) is 6.02. The molecule has 1 atom stereocenters. The second-order valence-electron chi connectivity index (χ2n) is 5.79. The summed E-state index contributed by atoms with van der Waals surface area (Å²) >= 11 is 1.98. The molecule has 3 rings (SSSR count). The van der Waals surface area contributed by atoms with Gasteiger partial charge >= 0.3 is 0 Å². The summed E-state index contributed by atoms with van der Waals surface area (Å²) in [4.78, 5) is 6.01. The van der Waals surface area contributed by atoms with E-state index >= 15 is 0 Å². The lowest BCUT2D eigenvalue weighted by Gasteiger charge is -2.23. The Hall–Kier alpha value is -0.990. The van der Waals surface area contributed by atoms with E-state index in [9.17, 15) is 0 Å². The van der Waals surface area contributed by atoms with E-state index in [0.29, 0.717) is 5.25 Å². The van der Waals surface area contributed by atoms with Crippen LogP contribution in [0.4, 0.5) is 0 Å². The quantitative estimate of drug-likeness (QED) is 0.664. The zero-order valence-corrected chi connectivity index (χ0v) is 14.8. The van der Waals surface area contributed by atoms with Crippen LogP contribution in [0, 0.1) is 0 Å². The van der Waals surface area contributed by atoms with Gasteiger partial charge in [0.05, 0.1) is 10.9 Å². The SMILES string of the molecule is CCCCc1ccc(SC2CCCc3cccnc32)cc1.Cl. The van der Waals surface area contributed by atoms with Gasteiger partial charge in [-0.3, -0.25) is 4.98 Å². The minimum Gasteiger partial charge on any atom is -0.260 e. The molecule has 0 bridgehead atoms. The number of halogens is 1. The first kappa shape index (κ1) is 17.4. The number of aromatic nitrogens is 1. The second kappa shape index (κ2) is 8.59. The van der Waals surface area contributed by atoms with E-state index in [0.717, 1.165) is 0 Å². The zero-order valence-electron chi connectivity index (χ0n) is 13.1. The fourth-order valence-electron chi connectivity index (χ4n) is 2.96. The van der Waals surface area contributed by atoms with E-state index < -0.39 is 0 Å². The average molecular weight is 334 g/mol. The van der Waals surface area contributed by atoms with Gasteiger partial charge in [0.1, 0.15) is 0 Å². The molecule has 2 aromatic rings. The van der Waals surface area contributed by atoms with Crippen LogP contribution in [0.1, 0.15) is 54.7 Å². The molecule has 1 aromatic heterocycles. The van der Waals surface area contributed by atoms with E-state index in [4.69, 9.17) is 0 Å². The van der Waals surface area contributed by atoms with Crippen LogP contribution in [-0.4, -0.2) is 4.98 Å². The molecule has 118 valence electrons. The van der Waals surface area contributed by atoms with Gasteiger partial charge in [0.25, 0.3) is 0 Å². The topological polar surface area (TPSA) is 12.9 Å². The molecular formula is C19H24ClNS. The van der Waals surface area contributed by atoms with Gasteiger partial charge in [0.15, 0.2) is 0 Å². The van der Waals surface area contributed by atoms with Gasteiger partial charge in [-0.15, -0.1) is 24.2 Å². The number of hydrogen-bond acceptors (Lipinski definition) is 2. The van der Waals surface area contributed by atoms with Crippen molar-refractivity contribution in [2.75, 3.05) is 0 Å². The second-order valence-corrected chi connectivity index (χ2v) is 7.07. The minimum absolute atomic E-state index is 0. The van der Waals surface area contributed by atoms with Gasteiger partial charge in [0.2, 0.25) is 0 Å². The van der Waals surface area contributed by atoms with Crippen LogP contribution in [0.2, 0.25) is 0 Å². The molecule has 0 radical (unpaired) electrons. The van der Waals surface area contributed by atoms with Crippen molar-refractivity contribution < 1.29 is 0 Å². The zero-order chi connectivity index (χ0) is 14.5. The number of thioether (sulfide) groups is 1. The van der Waals surface area contributed by atoms with Crippen molar-refractivity contribution >= 4 is 24.2 Å². The summed E-state index contributed by atoms with van der Waals surface area (Å²) in [6.45, 7) is 2.25. The van der Waals surface area contributed by atoms with Gasteiger partial charge < -0.3 is 0 Å². The predicted molar refractivity (Wildman–Crippen MR) is 98.1 cm³/mol. The molecule has 0 spiro atoms. The van der Waals surface area contributed by atoms with Gasteiger partial charge in [-0.05, 0) is 61.4 Å². The Labute approximate surface area is 144 Å². The number of nitrogens with zero attached hydrogens (tertiary/aromatic N) is 1. The number of fused-ring (bicyclic) bond motifs is 1. The molecule has 0 saturated carbocycles. The Morgan fingerprint density at radius 1 is 1.18 bits per heavy atom. The molecule has 3 heteroatoms. The van der Waals surface area contributed by atoms with Crippen LogP contribution in [0.15, 0.2) is 47.5 Å². The smallest absolute Gasteiger partial charge is 0.0569 e. The van der Waals surface area contributed by atoms with E-state index in [2.05, 4.69) is 48.3 Å². The summed E-state index contributed by atoms with van der Waals surface area (Å²) in [5.41, 5.74) is 4.22. The molecule has 1 aliphatic carbocycles. The van der Waals surface area contributed by atoms with Crippen molar-refractivity contribution in [1.29, 1.82) is 0 Å². The molecule has 1 heterocycles. The number of aryl methyl sites for hydroxylation is 2. The van der Waals surface area contributed by atoms with Crippen LogP contribution in [0.3, 0.4) is 0 Å². The Kier molecular flexibility index (Phi) is 6.78. The van der Waals surface area contributed by atoms with E-state index in [1.165, 1.54) is 60.2 Å². The van der Waals surface area contributed by atoms with E-state index in [1.54, 1.807) is 0 Å². The van der Waals surface area contributed by atoms with Gasteiger partial charge in [-0.2, -0.15) is 0 Å². The summed E-state index contributed by atoms with van der Waals surface area (Å²) in [5, 5.41) is 0.524. The highest BCUT2D eigenvalue weighted by molar-refractivity contribution is 7.99. The first-order valence-corrected chi connectivity index (χ1v) is 8.94. The highest BCUT2D eigenvalue weighted by Crippen LogP contribution is 2.42. The molecular weight excluding hydrogens is 310 g/mol. The largest absolute Gasteiger partial charge is 0.260 e. The van der Waals surface area contributed by atoms with Gasteiger partial charge in [0, 0.05) is 11.1 Å². The maximum Gasteiger partial charge on any atom is 0.0569 e. The summed E-state index contributed by atoms with van der Waals surface area (Å²) in [7, 11) is 0. The van der Waals surface area contributed by atoms with Crippen molar-refractivity contribution in [1.82, 2.24) is 4.98 Å². The molecule has 0 fully saturated rings. The first-order valence-electron chi connectivity index (χ1n) is 8.06. The number of pyridine rings is 1. The number of benzene rings is 1. The fraction of sp³-hybridized carbons (Fsp3) is 0.421. The molecule has 22 heavy (non-hydrogen) atoms. The Morgan fingerprint density at radius 3 is 2.77 bits per heavy atom. The Balaban J connectivity index is 0.00000176. The van der Waals surface area contributed by atoms with Crippen LogP contribution in [0.25, 0.3) is 0 Å². The summed E-state index contributed by atoms with van der Waals surface area (Å²) in [6.07, 6.45) is 9.40. The standard InChI is InChI=1S/C19H23NS.ClH/c1-2-3-6-15-10-12-17(13-11-15)21-18-9-4-7-16-8-5-14-20-19(16)18;/h5,8,10-14,18H,2-4,6-7,9H2,1H3;1H.